The van der Waals surface area contributed by atoms with E-state index in [2.05, 4.69) is 10.3 Å². The number of carbonyl (C=O) groups is 1. The fourth-order valence-electron chi connectivity index (χ4n) is 1.98. The summed E-state index contributed by atoms with van der Waals surface area (Å²) in [6.07, 6.45) is 0.240. The second-order valence-electron chi connectivity index (χ2n) is 4.71. The molecule has 0 unspecified atom stereocenters. The van der Waals surface area contributed by atoms with E-state index < -0.39 is 4.92 Å². The highest BCUT2D eigenvalue weighted by Crippen LogP contribution is 2.18. The maximum absolute atomic E-state index is 12.0. The molecule has 0 bridgehead atoms. The molecule has 6 nitrogen and oxygen atoms in total. The lowest BCUT2D eigenvalue weighted by Crippen LogP contribution is -2.16. The van der Waals surface area contributed by atoms with Crippen LogP contribution in [0.25, 0.3) is 0 Å². The first-order valence-electron chi connectivity index (χ1n) is 6.44. The summed E-state index contributed by atoms with van der Waals surface area (Å²) in [7, 11) is 0. The van der Waals surface area contributed by atoms with Crippen molar-refractivity contribution in [1.82, 2.24) is 4.98 Å². The molecule has 0 radical (unpaired) electrons. The Morgan fingerprint density at radius 3 is 2.57 bits per heavy atom. The number of nitrogens with one attached hydrogen (secondary N) is 1. The van der Waals surface area contributed by atoms with E-state index in [-0.39, 0.29) is 23.7 Å². The molecule has 0 saturated carbocycles. The summed E-state index contributed by atoms with van der Waals surface area (Å²) < 4.78 is 0. The molecule has 21 heavy (non-hydrogen) atoms. The van der Waals surface area contributed by atoms with Crippen molar-refractivity contribution >= 4 is 17.4 Å². The molecule has 108 valence electrons. The third-order valence-electron chi connectivity index (χ3n) is 3.13. The molecule has 0 atom stereocenters. The largest absolute Gasteiger partial charge is 0.310 e. The molecule has 2 rings (SSSR count). The molecular weight excluding hydrogens is 270 g/mol. The summed E-state index contributed by atoms with van der Waals surface area (Å²) in [6.45, 7) is 3.48. The number of anilines is 1. The number of aromatic nitrogens is 1. The van der Waals surface area contributed by atoms with Crippen LogP contribution in [0.1, 0.15) is 16.8 Å². The Balaban J connectivity index is 2.08. The van der Waals surface area contributed by atoms with Crippen LogP contribution < -0.4 is 5.32 Å². The van der Waals surface area contributed by atoms with Gasteiger partial charge in [0.15, 0.2) is 0 Å². The smallest absolute Gasteiger partial charge is 0.290 e. The summed E-state index contributed by atoms with van der Waals surface area (Å²) in [5.41, 5.74) is 2.19. The maximum atomic E-state index is 12.0. The summed E-state index contributed by atoms with van der Waals surface area (Å²) in [4.78, 5) is 26.2. The van der Waals surface area contributed by atoms with Crippen molar-refractivity contribution in [3.05, 3.63) is 63.3 Å². The number of hydrogen-bond acceptors (Lipinski definition) is 4. The average Bonchev–Trinajstić information content (AvgIpc) is 2.41. The lowest BCUT2D eigenvalue weighted by atomic mass is 10.1. The van der Waals surface area contributed by atoms with Crippen LogP contribution in [0.3, 0.4) is 0 Å². The van der Waals surface area contributed by atoms with E-state index >= 15 is 0 Å². The second-order valence-corrected chi connectivity index (χ2v) is 4.71. The van der Waals surface area contributed by atoms with Crippen molar-refractivity contribution in [2.24, 2.45) is 0 Å². The quantitative estimate of drug-likeness (QED) is 0.691. The Morgan fingerprint density at radius 2 is 1.95 bits per heavy atom. The van der Waals surface area contributed by atoms with Gasteiger partial charge in [-0.05, 0) is 31.0 Å². The Kier molecular flexibility index (Phi) is 4.27. The molecule has 0 aliphatic rings. The van der Waals surface area contributed by atoms with Gasteiger partial charge < -0.3 is 5.32 Å². The van der Waals surface area contributed by atoms with Crippen LogP contribution in [-0.2, 0) is 11.2 Å². The van der Waals surface area contributed by atoms with Crippen molar-refractivity contribution in [3.63, 3.8) is 0 Å². The van der Waals surface area contributed by atoms with E-state index in [4.69, 9.17) is 0 Å². The summed E-state index contributed by atoms with van der Waals surface area (Å²) in [5, 5.41) is 13.4. The highest BCUT2D eigenvalue weighted by atomic mass is 16.6. The summed E-state index contributed by atoms with van der Waals surface area (Å²) in [5.74, 6) is 0.113. The van der Waals surface area contributed by atoms with Gasteiger partial charge in [-0.25, -0.2) is 4.98 Å². The Morgan fingerprint density at radius 1 is 1.24 bits per heavy atom. The van der Waals surface area contributed by atoms with Crippen LogP contribution in [0, 0.1) is 24.0 Å². The Labute approximate surface area is 122 Å². The zero-order chi connectivity index (χ0) is 15.4. The van der Waals surface area contributed by atoms with Gasteiger partial charge >= 0.3 is 0 Å². The van der Waals surface area contributed by atoms with E-state index in [9.17, 15) is 14.9 Å². The fraction of sp³-hybridized carbons (Fsp3) is 0.200. The molecule has 1 heterocycles. The summed E-state index contributed by atoms with van der Waals surface area (Å²) in [6, 6.07) is 10.4. The molecule has 1 amide bonds. The van der Waals surface area contributed by atoms with Crippen molar-refractivity contribution in [2.45, 2.75) is 20.3 Å². The van der Waals surface area contributed by atoms with E-state index in [1.807, 2.05) is 31.2 Å². The van der Waals surface area contributed by atoms with Gasteiger partial charge in [-0.2, -0.15) is 0 Å². The SMILES string of the molecule is Cc1ccccc1CC(=O)Nc1ccc([N+](=O)[O-])c(C)n1. The van der Waals surface area contributed by atoms with Crippen LogP contribution in [0.2, 0.25) is 0 Å². The summed E-state index contributed by atoms with van der Waals surface area (Å²) >= 11 is 0. The Hall–Kier alpha value is -2.76. The number of amides is 1. The first kappa shape index (κ1) is 14.6. The molecule has 0 fully saturated rings. The normalized spacial score (nSPS) is 10.2. The van der Waals surface area contributed by atoms with Gasteiger partial charge in [0, 0.05) is 6.07 Å². The minimum Gasteiger partial charge on any atom is -0.310 e. The number of nitro groups is 1. The second kappa shape index (κ2) is 6.13. The van der Waals surface area contributed by atoms with E-state index in [1.54, 1.807) is 0 Å². The predicted molar refractivity (Wildman–Crippen MR) is 79.1 cm³/mol. The average molecular weight is 285 g/mol. The van der Waals surface area contributed by atoms with E-state index in [0.29, 0.717) is 5.82 Å². The first-order chi connectivity index (χ1) is 9.97. The Bertz CT molecular complexity index is 698. The molecule has 0 spiro atoms. The molecule has 6 heteroatoms. The fourth-order valence-corrected chi connectivity index (χ4v) is 1.98. The molecule has 0 aliphatic heterocycles. The number of benzene rings is 1. The molecular formula is C15H15N3O3. The number of pyridine rings is 1. The molecule has 2 aromatic rings. The minimum absolute atomic E-state index is 0.0631. The topological polar surface area (TPSA) is 85.1 Å². The molecule has 1 aromatic carbocycles. The molecule has 1 aromatic heterocycles. The van der Waals surface area contributed by atoms with Gasteiger partial charge in [-0.1, -0.05) is 24.3 Å². The lowest BCUT2D eigenvalue weighted by molar-refractivity contribution is -0.385. The maximum Gasteiger partial charge on any atom is 0.290 e. The lowest BCUT2D eigenvalue weighted by Gasteiger charge is -2.07. The van der Waals surface area contributed by atoms with Gasteiger partial charge in [0.05, 0.1) is 11.3 Å². The van der Waals surface area contributed by atoms with Gasteiger partial charge in [0.2, 0.25) is 5.91 Å². The third-order valence-corrected chi connectivity index (χ3v) is 3.13. The van der Waals surface area contributed by atoms with Gasteiger partial charge in [-0.3, -0.25) is 14.9 Å². The van der Waals surface area contributed by atoms with Crippen LogP contribution >= 0.6 is 0 Å². The molecule has 0 aliphatic carbocycles. The zero-order valence-corrected chi connectivity index (χ0v) is 11.8. The molecule has 1 N–H and O–H groups in total. The monoisotopic (exact) mass is 285 g/mol. The highest BCUT2D eigenvalue weighted by Gasteiger charge is 2.13. The van der Waals surface area contributed by atoms with Gasteiger partial charge in [-0.15, -0.1) is 0 Å². The highest BCUT2D eigenvalue weighted by molar-refractivity contribution is 5.91. The number of nitrogens with zero attached hydrogens (tertiary/aromatic N) is 2. The minimum atomic E-state index is -0.499. The van der Waals surface area contributed by atoms with Crippen LogP contribution in [-0.4, -0.2) is 15.8 Å². The number of rotatable bonds is 4. The van der Waals surface area contributed by atoms with E-state index in [0.717, 1.165) is 11.1 Å². The van der Waals surface area contributed by atoms with Crippen LogP contribution in [0.15, 0.2) is 36.4 Å². The first-order valence-corrected chi connectivity index (χ1v) is 6.44. The predicted octanol–water partition coefficient (Wildman–Crippen LogP) is 2.79. The molecule has 0 saturated heterocycles. The number of hydrogen-bond donors (Lipinski definition) is 1. The van der Waals surface area contributed by atoms with Crippen molar-refractivity contribution in [3.8, 4) is 0 Å². The van der Waals surface area contributed by atoms with Crippen LogP contribution in [0.4, 0.5) is 11.5 Å². The van der Waals surface area contributed by atoms with Gasteiger partial charge in [0.1, 0.15) is 11.5 Å². The van der Waals surface area contributed by atoms with Crippen LogP contribution in [0.5, 0.6) is 0 Å². The standard InChI is InChI=1S/C15H15N3O3/c1-10-5-3-4-6-12(10)9-15(19)17-14-8-7-13(18(20)21)11(2)16-14/h3-8H,9H2,1-2H3,(H,16,17,19). The third kappa shape index (κ3) is 3.62. The van der Waals surface area contributed by atoms with E-state index in [1.165, 1.54) is 19.1 Å². The van der Waals surface area contributed by atoms with Crippen molar-refractivity contribution in [1.29, 1.82) is 0 Å². The number of carbonyl (C=O) groups excluding carboxylic acids is 1. The van der Waals surface area contributed by atoms with Gasteiger partial charge in [0.25, 0.3) is 5.69 Å². The van der Waals surface area contributed by atoms with Crippen molar-refractivity contribution in [2.75, 3.05) is 5.32 Å². The van der Waals surface area contributed by atoms with Crippen molar-refractivity contribution < 1.29 is 9.72 Å². The zero-order valence-electron chi connectivity index (χ0n) is 11.8. The number of aryl methyl sites for hydroxylation is 2.